The zero-order valence-corrected chi connectivity index (χ0v) is 7.09. The van der Waals surface area contributed by atoms with Crippen LogP contribution in [-0.4, -0.2) is 37.0 Å². The number of carbonyl (C=O) groups is 2. The molecule has 0 heterocycles. The van der Waals surface area contributed by atoms with Crippen molar-refractivity contribution in [3.8, 4) is 0 Å². The van der Waals surface area contributed by atoms with Gasteiger partial charge in [0.1, 0.15) is 6.54 Å². The van der Waals surface area contributed by atoms with Crippen LogP contribution >= 0.6 is 0 Å². The quantitative estimate of drug-likeness (QED) is 0.546. The van der Waals surface area contributed by atoms with Gasteiger partial charge in [0, 0.05) is 13.5 Å². The molecule has 0 aliphatic heterocycles. The second kappa shape index (κ2) is 4.71. The fraction of sp³-hybridized carbons (Fsp3) is 0.714. The molecule has 0 bridgehead atoms. The molecule has 0 aromatic heterocycles. The Bertz CT molecular complexity index is 156. The van der Waals surface area contributed by atoms with Crippen LogP contribution in [0.3, 0.4) is 0 Å². The van der Waals surface area contributed by atoms with Crippen molar-refractivity contribution in [2.45, 2.75) is 13.8 Å². The summed E-state index contributed by atoms with van der Waals surface area (Å²) >= 11 is 0. The van der Waals surface area contributed by atoms with Crippen molar-refractivity contribution in [2.75, 3.05) is 20.2 Å². The average molecular weight is 159 g/mol. The molecule has 0 fully saturated rings. The Labute approximate surface area is 66.1 Å². The zero-order chi connectivity index (χ0) is 8.85. The molecule has 0 rings (SSSR count). The van der Waals surface area contributed by atoms with Crippen LogP contribution in [0, 0.1) is 0 Å². The van der Waals surface area contributed by atoms with E-state index in [1.807, 2.05) is 6.92 Å². The highest BCUT2D eigenvalue weighted by Crippen LogP contribution is 1.89. The number of nitrogens with zero attached hydrogens (tertiary/aromatic N) is 1. The Morgan fingerprint density at radius 1 is 1.45 bits per heavy atom. The third-order valence-corrected chi connectivity index (χ3v) is 1.37. The molecular formula is C7H13NO3. The molecule has 11 heavy (non-hydrogen) atoms. The van der Waals surface area contributed by atoms with Crippen LogP contribution in [0.4, 0.5) is 0 Å². The molecule has 0 aliphatic rings. The second-order valence-electron chi connectivity index (χ2n) is 2.11. The Hall–Kier alpha value is -1.06. The highest BCUT2D eigenvalue weighted by Gasteiger charge is 2.10. The van der Waals surface area contributed by atoms with Crippen molar-refractivity contribution in [1.29, 1.82) is 0 Å². The second-order valence-corrected chi connectivity index (χ2v) is 2.11. The fourth-order valence-electron chi connectivity index (χ4n) is 0.666. The first kappa shape index (κ1) is 9.94. The maximum absolute atomic E-state index is 10.7. The van der Waals surface area contributed by atoms with Crippen LogP contribution < -0.4 is 0 Å². The predicted octanol–water partition coefficient (Wildman–Crippen LogP) is 0.0278. The molecule has 0 N–H and O–H groups in total. The minimum atomic E-state index is -0.387. The van der Waals surface area contributed by atoms with E-state index >= 15 is 0 Å². The molecule has 0 saturated carbocycles. The summed E-state index contributed by atoms with van der Waals surface area (Å²) in [6, 6.07) is 0. The van der Waals surface area contributed by atoms with E-state index in [4.69, 9.17) is 0 Å². The maximum Gasteiger partial charge on any atom is 0.325 e. The predicted molar refractivity (Wildman–Crippen MR) is 39.9 cm³/mol. The van der Waals surface area contributed by atoms with Crippen molar-refractivity contribution in [3.63, 3.8) is 0 Å². The number of hydrogen-bond donors (Lipinski definition) is 0. The number of carbonyl (C=O) groups excluding carboxylic acids is 2. The van der Waals surface area contributed by atoms with Crippen LogP contribution in [0.2, 0.25) is 0 Å². The summed E-state index contributed by atoms with van der Waals surface area (Å²) in [5.41, 5.74) is 0. The van der Waals surface area contributed by atoms with Gasteiger partial charge in [0.15, 0.2) is 0 Å². The van der Waals surface area contributed by atoms with Crippen molar-refractivity contribution in [2.24, 2.45) is 0 Å². The van der Waals surface area contributed by atoms with Gasteiger partial charge in [0.2, 0.25) is 5.91 Å². The molecule has 0 unspecified atom stereocenters. The van der Waals surface area contributed by atoms with Crippen LogP contribution in [-0.2, 0) is 14.3 Å². The molecule has 4 heteroatoms. The molecule has 0 radical (unpaired) electrons. The Balaban J connectivity index is 3.88. The van der Waals surface area contributed by atoms with Crippen LogP contribution in [0.1, 0.15) is 13.8 Å². The lowest BCUT2D eigenvalue weighted by atomic mass is 10.4. The topological polar surface area (TPSA) is 46.6 Å². The Kier molecular flexibility index (Phi) is 4.26. The average Bonchev–Trinajstić information content (AvgIpc) is 1.99. The molecule has 0 spiro atoms. The maximum atomic E-state index is 10.7. The third kappa shape index (κ3) is 3.60. The lowest BCUT2D eigenvalue weighted by molar-refractivity contribution is -0.146. The monoisotopic (exact) mass is 159 g/mol. The molecule has 0 aliphatic carbocycles. The summed E-state index contributed by atoms with van der Waals surface area (Å²) in [5.74, 6) is -0.500. The van der Waals surface area contributed by atoms with Gasteiger partial charge in [-0.1, -0.05) is 0 Å². The molecule has 0 aromatic rings. The van der Waals surface area contributed by atoms with E-state index in [1.54, 1.807) is 0 Å². The van der Waals surface area contributed by atoms with Crippen molar-refractivity contribution in [1.82, 2.24) is 4.90 Å². The standard InChI is InChI=1S/C7H13NO3/c1-4-8(6(2)9)5-7(10)11-3/h4-5H2,1-3H3. The first-order chi connectivity index (χ1) is 5.11. The van der Waals surface area contributed by atoms with Gasteiger partial charge in [-0.15, -0.1) is 0 Å². The minimum absolute atomic E-state index is 0.0440. The number of rotatable bonds is 3. The lowest BCUT2D eigenvalue weighted by Crippen LogP contribution is -2.34. The smallest absolute Gasteiger partial charge is 0.325 e. The number of ether oxygens (including phenoxy) is 1. The van der Waals surface area contributed by atoms with Gasteiger partial charge < -0.3 is 9.64 Å². The van der Waals surface area contributed by atoms with Crippen LogP contribution in [0.5, 0.6) is 0 Å². The van der Waals surface area contributed by atoms with E-state index in [1.165, 1.54) is 18.9 Å². The highest BCUT2D eigenvalue weighted by molar-refractivity contribution is 5.80. The number of methoxy groups -OCH3 is 1. The molecule has 4 nitrogen and oxygen atoms in total. The molecule has 1 amide bonds. The van der Waals surface area contributed by atoms with Gasteiger partial charge in [0.25, 0.3) is 0 Å². The first-order valence-corrected chi connectivity index (χ1v) is 3.44. The lowest BCUT2D eigenvalue weighted by Gasteiger charge is -2.16. The fourth-order valence-corrected chi connectivity index (χ4v) is 0.666. The normalized spacial score (nSPS) is 9.00. The molecule has 0 saturated heterocycles. The zero-order valence-electron chi connectivity index (χ0n) is 7.09. The number of likely N-dealkylation sites (N-methyl/N-ethyl adjacent to an activating group) is 1. The Morgan fingerprint density at radius 2 is 2.00 bits per heavy atom. The molecule has 0 atom stereocenters. The summed E-state index contributed by atoms with van der Waals surface area (Å²) in [7, 11) is 1.30. The van der Waals surface area contributed by atoms with E-state index in [9.17, 15) is 9.59 Å². The summed E-state index contributed by atoms with van der Waals surface area (Å²) in [5, 5.41) is 0. The number of amides is 1. The van der Waals surface area contributed by atoms with Gasteiger partial charge in [-0.05, 0) is 6.92 Å². The van der Waals surface area contributed by atoms with E-state index in [-0.39, 0.29) is 18.4 Å². The molecule has 0 aromatic carbocycles. The summed E-state index contributed by atoms with van der Waals surface area (Å²) in [4.78, 5) is 22.8. The number of hydrogen-bond acceptors (Lipinski definition) is 3. The SMILES string of the molecule is CCN(CC(=O)OC)C(C)=O. The largest absolute Gasteiger partial charge is 0.468 e. The van der Waals surface area contributed by atoms with Crippen molar-refractivity contribution < 1.29 is 14.3 Å². The van der Waals surface area contributed by atoms with Crippen molar-refractivity contribution in [3.05, 3.63) is 0 Å². The summed E-state index contributed by atoms with van der Waals surface area (Å²) in [6.45, 7) is 3.81. The van der Waals surface area contributed by atoms with Crippen molar-refractivity contribution >= 4 is 11.9 Å². The van der Waals surface area contributed by atoms with Gasteiger partial charge in [-0.2, -0.15) is 0 Å². The van der Waals surface area contributed by atoms with Gasteiger partial charge in [-0.3, -0.25) is 9.59 Å². The van der Waals surface area contributed by atoms with E-state index < -0.39 is 0 Å². The number of esters is 1. The minimum Gasteiger partial charge on any atom is -0.468 e. The Morgan fingerprint density at radius 3 is 2.27 bits per heavy atom. The van der Waals surface area contributed by atoms with Gasteiger partial charge >= 0.3 is 5.97 Å². The first-order valence-electron chi connectivity index (χ1n) is 3.44. The molecule has 64 valence electrons. The third-order valence-electron chi connectivity index (χ3n) is 1.37. The van der Waals surface area contributed by atoms with Gasteiger partial charge in [-0.25, -0.2) is 0 Å². The van der Waals surface area contributed by atoms with E-state index in [2.05, 4.69) is 4.74 Å². The summed E-state index contributed by atoms with van der Waals surface area (Å²) in [6.07, 6.45) is 0. The van der Waals surface area contributed by atoms with E-state index in [0.29, 0.717) is 6.54 Å². The van der Waals surface area contributed by atoms with Crippen LogP contribution in [0.25, 0.3) is 0 Å². The molecular weight excluding hydrogens is 146 g/mol. The van der Waals surface area contributed by atoms with Gasteiger partial charge in [0.05, 0.1) is 7.11 Å². The summed E-state index contributed by atoms with van der Waals surface area (Å²) < 4.78 is 4.40. The highest BCUT2D eigenvalue weighted by atomic mass is 16.5. The van der Waals surface area contributed by atoms with E-state index in [0.717, 1.165) is 0 Å². The van der Waals surface area contributed by atoms with Crippen LogP contribution in [0.15, 0.2) is 0 Å².